The van der Waals surface area contributed by atoms with E-state index < -0.39 is 28.3 Å². The van der Waals surface area contributed by atoms with E-state index in [1.807, 2.05) is 0 Å². The van der Waals surface area contributed by atoms with Crippen LogP contribution in [0.3, 0.4) is 0 Å². The maximum atomic E-state index is 2.76. The number of hydrogen-bond donors (Lipinski definition) is 0. The molecule has 0 N–H and O–H groups in total. The second kappa shape index (κ2) is 8.98. The number of aryl methyl sites for hydroxylation is 2. The van der Waals surface area contributed by atoms with Crippen molar-refractivity contribution in [1.82, 2.24) is 0 Å². The number of allylic oxidation sites excluding steroid dienone is 2. The van der Waals surface area contributed by atoms with Gasteiger partial charge in [0.15, 0.2) is 0 Å². The van der Waals surface area contributed by atoms with Crippen LogP contribution in [0.4, 0.5) is 0 Å². The Morgan fingerprint density at radius 3 is 1.27 bits per heavy atom. The average Bonchev–Trinajstić information content (AvgIpc) is 3.41. The summed E-state index contributed by atoms with van der Waals surface area (Å²) in [6.45, 7) is 14.8. The number of rotatable bonds is 2. The molecule has 2 heteroatoms. The molecular weight excluding hydrogens is 576 g/mol. The third kappa shape index (κ3) is 3.51. The Balaban J connectivity index is 1.54. The summed E-state index contributed by atoms with van der Waals surface area (Å²) < 4.78 is 6.75. The summed E-state index contributed by atoms with van der Waals surface area (Å²) in [5.74, 6) is 0. The summed E-state index contributed by atoms with van der Waals surface area (Å²) in [6.07, 6.45) is 0. The van der Waals surface area contributed by atoms with Crippen LogP contribution in [0.2, 0.25) is 22.4 Å². The van der Waals surface area contributed by atoms with E-state index in [2.05, 4.69) is 135 Å². The molecule has 4 bridgehead atoms. The van der Waals surface area contributed by atoms with Gasteiger partial charge in [0.05, 0.1) is 0 Å². The first-order valence-electron chi connectivity index (χ1n) is 14.9. The molecular formula is C38H40SiZr. The van der Waals surface area contributed by atoms with Crippen molar-refractivity contribution in [3.05, 3.63) is 129 Å². The molecule has 2 atom stereocenters. The van der Waals surface area contributed by atoms with E-state index in [1.165, 1.54) is 33.4 Å². The van der Waals surface area contributed by atoms with Crippen LogP contribution < -0.4 is 0 Å². The van der Waals surface area contributed by atoms with Crippen LogP contribution in [0.25, 0.3) is 32.6 Å². The summed E-state index contributed by atoms with van der Waals surface area (Å²) >= 11 is -2.89. The van der Waals surface area contributed by atoms with E-state index in [1.54, 1.807) is 43.8 Å². The van der Waals surface area contributed by atoms with Crippen molar-refractivity contribution in [2.75, 3.05) is 0 Å². The Morgan fingerprint density at radius 1 is 0.525 bits per heavy atom. The molecule has 7 rings (SSSR count). The van der Waals surface area contributed by atoms with Gasteiger partial charge in [-0.3, -0.25) is 0 Å². The molecule has 0 radical (unpaired) electrons. The van der Waals surface area contributed by atoms with Gasteiger partial charge in [-0.25, -0.2) is 0 Å². The molecule has 0 aromatic heterocycles. The molecule has 0 nitrogen and oxygen atoms in total. The minimum absolute atomic E-state index is 0.618. The van der Waals surface area contributed by atoms with Gasteiger partial charge in [-0.1, -0.05) is 0 Å². The Bertz CT molecular complexity index is 1630. The summed E-state index contributed by atoms with van der Waals surface area (Å²) in [6, 6.07) is 33.0. The second-order valence-corrected chi connectivity index (χ2v) is 29.7. The molecule has 1 aliphatic heterocycles. The van der Waals surface area contributed by atoms with Crippen molar-refractivity contribution in [2.45, 2.75) is 57.3 Å². The van der Waals surface area contributed by atoms with E-state index in [0.29, 0.717) is 7.25 Å². The zero-order valence-corrected chi connectivity index (χ0v) is 28.7. The van der Waals surface area contributed by atoms with Gasteiger partial charge in [-0.05, 0) is 0 Å². The van der Waals surface area contributed by atoms with Crippen molar-refractivity contribution >= 4 is 18.5 Å². The Morgan fingerprint density at radius 2 is 0.900 bits per heavy atom. The topological polar surface area (TPSA) is 0 Å². The van der Waals surface area contributed by atoms with Gasteiger partial charge in [0.1, 0.15) is 0 Å². The van der Waals surface area contributed by atoms with Gasteiger partial charge in [0, 0.05) is 0 Å². The predicted octanol–water partition coefficient (Wildman–Crippen LogP) is 11.0. The normalized spacial score (nSPS) is 21.7. The molecule has 200 valence electrons. The Labute approximate surface area is 246 Å². The van der Waals surface area contributed by atoms with Crippen LogP contribution in [0.15, 0.2) is 96.1 Å². The first-order chi connectivity index (χ1) is 19.0. The molecule has 0 saturated heterocycles. The van der Waals surface area contributed by atoms with Crippen molar-refractivity contribution in [3.63, 3.8) is 0 Å². The van der Waals surface area contributed by atoms with Crippen LogP contribution in [0.1, 0.15) is 54.5 Å². The fraction of sp³-hybridized carbons (Fsp3) is 0.263. The van der Waals surface area contributed by atoms with E-state index in [0.717, 1.165) is 0 Å². The van der Waals surface area contributed by atoms with E-state index in [4.69, 9.17) is 0 Å². The zero-order chi connectivity index (χ0) is 28.1. The molecule has 0 fully saturated rings. The molecule has 2 unspecified atom stereocenters. The van der Waals surface area contributed by atoms with Crippen LogP contribution in [-0.4, -0.2) is 8.07 Å². The minimum atomic E-state index is -2.89. The van der Waals surface area contributed by atoms with E-state index >= 15 is 0 Å². The SMILES string of the molecule is CC1=C2c3c(-c4ccc(C)cc4)cccc3[CH]1[Zr]([CH3])([CH3])[CH]1C(C)=C(c3c(-c4ccc(C)cc4)cccc31)[Si]2(C)C. The Hall–Kier alpha value is -2.54. The van der Waals surface area contributed by atoms with Gasteiger partial charge >= 0.3 is 248 Å². The molecule has 40 heavy (non-hydrogen) atoms. The molecule has 3 aliphatic rings. The molecule has 4 aromatic carbocycles. The summed E-state index contributed by atoms with van der Waals surface area (Å²) in [5.41, 5.74) is 18.2. The Kier molecular flexibility index (Phi) is 5.92. The average molecular weight is 616 g/mol. The third-order valence-electron chi connectivity index (χ3n) is 10.4. The zero-order valence-electron chi connectivity index (χ0n) is 25.2. The fourth-order valence-electron chi connectivity index (χ4n) is 9.10. The number of hydrogen-bond acceptors (Lipinski definition) is 0. The van der Waals surface area contributed by atoms with Gasteiger partial charge in [0.2, 0.25) is 0 Å². The van der Waals surface area contributed by atoms with Crippen LogP contribution in [0, 0.1) is 13.8 Å². The maximum absolute atomic E-state index is 2.89. The van der Waals surface area contributed by atoms with Gasteiger partial charge in [-0.2, -0.15) is 0 Å². The monoisotopic (exact) mass is 614 g/mol. The first kappa shape index (κ1) is 26.4. The number of benzene rings is 4. The number of fused-ring (bicyclic) bond motifs is 8. The van der Waals surface area contributed by atoms with Crippen molar-refractivity contribution < 1.29 is 20.3 Å². The van der Waals surface area contributed by atoms with Gasteiger partial charge < -0.3 is 0 Å². The summed E-state index contributed by atoms with van der Waals surface area (Å²) in [7, 11) is -2.10. The van der Waals surface area contributed by atoms with Crippen LogP contribution in [0.5, 0.6) is 0 Å². The molecule has 0 saturated carbocycles. The fourth-order valence-corrected chi connectivity index (χ4v) is 26.3. The van der Waals surface area contributed by atoms with Crippen molar-refractivity contribution in [3.8, 4) is 22.3 Å². The van der Waals surface area contributed by atoms with Crippen LogP contribution in [-0.2, 0) is 20.3 Å². The summed E-state index contributed by atoms with van der Waals surface area (Å²) in [4.78, 5) is 0. The standard InChI is InChI=1S/C36H34Si.2CH3.Zr/c1-23-13-17-27(18-14-23)31-11-7-9-29-21-25(3)35(33(29)31)37(5,6)36-26(4)22-30-10-8-12-32(34(30)36)28-19-15-24(2)16-20-28;;;/h7-22H,1-6H3;2*1H3;. The molecule has 2 aliphatic carbocycles. The molecule has 4 aromatic rings. The van der Waals surface area contributed by atoms with E-state index in [-0.39, 0.29) is 0 Å². The summed E-state index contributed by atoms with van der Waals surface area (Å²) in [5, 5.41) is 3.46. The third-order valence-corrected chi connectivity index (χ3v) is 25.2. The quantitative estimate of drug-likeness (QED) is 0.197. The van der Waals surface area contributed by atoms with Crippen molar-refractivity contribution in [1.29, 1.82) is 0 Å². The van der Waals surface area contributed by atoms with E-state index in [9.17, 15) is 0 Å². The molecule has 0 spiro atoms. The molecule has 0 amide bonds. The first-order valence-corrected chi connectivity index (χ1v) is 25.6. The van der Waals surface area contributed by atoms with Crippen LogP contribution >= 0.6 is 0 Å². The second-order valence-electron chi connectivity index (χ2n) is 13.7. The van der Waals surface area contributed by atoms with Crippen molar-refractivity contribution in [2.24, 2.45) is 0 Å². The van der Waals surface area contributed by atoms with Gasteiger partial charge in [-0.15, -0.1) is 0 Å². The van der Waals surface area contributed by atoms with Gasteiger partial charge in [0.25, 0.3) is 0 Å². The molecule has 1 heterocycles. The predicted molar refractivity (Wildman–Crippen MR) is 173 cm³/mol.